The molecule has 0 saturated carbocycles. The Balaban J connectivity index is 2.36. The summed E-state index contributed by atoms with van der Waals surface area (Å²) in [5.74, 6) is -0.439. The van der Waals surface area contributed by atoms with E-state index in [1.165, 1.54) is 12.1 Å². The fraction of sp³-hybridized carbons (Fsp3) is 0.500. The van der Waals surface area contributed by atoms with Gasteiger partial charge in [0.25, 0.3) is 5.69 Å². The van der Waals surface area contributed by atoms with Crippen molar-refractivity contribution in [3.05, 3.63) is 34.1 Å². The lowest BCUT2D eigenvalue weighted by atomic mass is 10.2. The first-order valence-electron chi connectivity index (χ1n) is 5.98. The van der Waals surface area contributed by atoms with Gasteiger partial charge in [0.2, 0.25) is 0 Å². The normalized spacial score (nSPS) is 19.2. The Labute approximate surface area is 105 Å². The van der Waals surface area contributed by atoms with Gasteiger partial charge in [-0.3, -0.25) is 10.1 Å². The second kappa shape index (κ2) is 5.30. The highest BCUT2D eigenvalue weighted by Gasteiger charge is 2.29. The molecule has 1 aliphatic rings. The van der Waals surface area contributed by atoms with Gasteiger partial charge in [-0.2, -0.15) is 0 Å². The highest BCUT2D eigenvalue weighted by molar-refractivity contribution is 5.64. The van der Waals surface area contributed by atoms with E-state index in [9.17, 15) is 14.5 Å². The number of nitrogens with one attached hydrogen (secondary N) is 1. The van der Waals surface area contributed by atoms with Crippen molar-refractivity contribution in [2.24, 2.45) is 0 Å². The number of hydrogen-bond donors (Lipinski definition) is 1. The van der Waals surface area contributed by atoms with Crippen molar-refractivity contribution in [2.45, 2.75) is 18.9 Å². The van der Waals surface area contributed by atoms with Crippen molar-refractivity contribution < 1.29 is 9.31 Å². The summed E-state index contributed by atoms with van der Waals surface area (Å²) in [6, 6.07) is 3.81. The third-order valence-electron chi connectivity index (χ3n) is 3.26. The average Bonchev–Trinajstić information content (AvgIpc) is 2.77. The number of hydrogen-bond acceptors (Lipinski definition) is 4. The third kappa shape index (κ3) is 2.43. The first-order chi connectivity index (χ1) is 8.63. The molecule has 18 heavy (non-hydrogen) atoms. The van der Waals surface area contributed by atoms with Gasteiger partial charge < -0.3 is 10.2 Å². The van der Waals surface area contributed by atoms with E-state index >= 15 is 0 Å². The molecule has 1 saturated heterocycles. The number of benzene rings is 1. The van der Waals surface area contributed by atoms with E-state index < -0.39 is 10.7 Å². The Morgan fingerprint density at radius 1 is 1.61 bits per heavy atom. The van der Waals surface area contributed by atoms with E-state index in [4.69, 9.17) is 0 Å². The van der Waals surface area contributed by atoms with Crippen molar-refractivity contribution in [2.75, 3.05) is 25.0 Å². The minimum atomic E-state index is -0.455. The fourth-order valence-corrected chi connectivity index (χ4v) is 2.48. The molecule has 1 fully saturated rings. The maximum Gasteiger partial charge on any atom is 0.292 e. The van der Waals surface area contributed by atoms with Crippen LogP contribution < -0.4 is 10.2 Å². The van der Waals surface area contributed by atoms with E-state index in [0.717, 1.165) is 32.0 Å². The highest BCUT2D eigenvalue weighted by Crippen LogP contribution is 2.33. The third-order valence-corrected chi connectivity index (χ3v) is 3.26. The SMILES string of the molecule is CNCC1CCCN1c1cc(F)ccc1[N+](=O)[O-]. The Morgan fingerprint density at radius 3 is 3.06 bits per heavy atom. The summed E-state index contributed by atoms with van der Waals surface area (Å²) in [6.07, 6.45) is 1.94. The Kier molecular flexibility index (Phi) is 3.76. The van der Waals surface area contributed by atoms with Crippen LogP contribution in [0.15, 0.2) is 18.2 Å². The monoisotopic (exact) mass is 253 g/mol. The zero-order chi connectivity index (χ0) is 13.1. The van der Waals surface area contributed by atoms with Crippen LogP contribution in [-0.2, 0) is 0 Å². The lowest BCUT2D eigenvalue weighted by Crippen LogP contribution is -2.37. The van der Waals surface area contributed by atoms with Crippen LogP contribution in [0.2, 0.25) is 0 Å². The Bertz CT molecular complexity index is 453. The number of likely N-dealkylation sites (N-methyl/N-ethyl adjacent to an activating group) is 1. The summed E-state index contributed by atoms with van der Waals surface area (Å²) in [6.45, 7) is 1.48. The van der Waals surface area contributed by atoms with Crippen LogP contribution >= 0.6 is 0 Å². The van der Waals surface area contributed by atoms with Crippen LogP contribution in [-0.4, -0.2) is 31.1 Å². The topological polar surface area (TPSA) is 58.4 Å². The molecule has 0 aliphatic carbocycles. The molecule has 0 amide bonds. The number of anilines is 1. The molecule has 1 N–H and O–H groups in total. The quantitative estimate of drug-likeness (QED) is 0.658. The molecule has 2 rings (SSSR count). The number of nitrogens with zero attached hydrogens (tertiary/aromatic N) is 2. The second-order valence-electron chi connectivity index (χ2n) is 4.44. The zero-order valence-corrected chi connectivity index (χ0v) is 10.2. The number of halogens is 1. The van der Waals surface area contributed by atoms with Crippen LogP contribution in [0.25, 0.3) is 0 Å². The molecule has 1 unspecified atom stereocenters. The number of rotatable bonds is 4. The van der Waals surface area contributed by atoms with E-state index in [1.54, 1.807) is 0 Å². The first-order valence-corrected chi connectivity index (χ1v) is 5.98. The van der Waals surface area contributed by atoms with Crippen LogP contribution in [0.4, 0.5) is 15.8 Å². The van der Waals surface area contributed by atoms with E-state index in [1.807, 2.05) is 11.9 Å². The van der Waals surface area contributed by atoms with Gasteiger partial charge in [-0.05, 0) is 26.0 Å². The molecular weight excluding hydrogens is 237 g/mol. The van der Waals surface area contributed by atoms with Gasteiger partial charge >= 0.3 is 0 Å². The Morgan fingerprint density at radius 2 is 2.39 bits per heavy atom. The number of nitro benzene ring substituents is 1. The molecule has 1 aromatic rings. The van der Waals surface area contributed by atoms with Crippen molar-refractivity contribution in [1.29, 1.82) is 0 Å². The molecular formula is C12H16FN3O2. The molecule has 1 aliphatic heterocycles. The standard InChI is InChI=1S/C12H16FN3O2/c1-14-8-10-3-2-6-15(10)12-7-9(13)4-5-11(12)16(17)18/h4-5,7,10,14H,2-3,6,8H2,1H3. The van der Waals surface area contributed by atoms with E-state index in [-0.39, 0.29) is 11.7 Å². The smallest absolute Gasteiger partial charge is 0.292 e. The average molecular weight is 253 g/mol. The largest absolute Gasteiger partial charge is 0.362 e. The van der Waals surface area contributed by atoms with Gasteiger partial charge in [-0.1, -0.05) is 0 Å². The highest BCUT2D eigenvalue weighted by atomic mass is 19.1. The summed E-state index contributed by atoms with van der Waals surface area (Å²) in [5.41, 5.74) is 0.358. The van der Waals surface area contributed by atoms with Crippen molar-refractivity contribution in [3.8, 4) is 0 Å². The molecule has 0 bridgehead atoms. The molecule has 0 radical (unpaired) electrons. The molecule has 5 nitrogen and oxygen atoms in total. The molecule has 0 spiro atoms. The molecule has 1 atom stereocenters. The van der Waals surface area contributed by atoms with Gasteiger partial charge in [0.1, 0.15) is 11.5 Å². The summed E-state index contributed by atoms with van der Waals surface area (Å²) in [4.78, 5) is 12.5. The fourth-order valence-electron chi connectivity index (χ4n) is 2.48. The minimum Gasteiger partial charge on any atom is -0.362 e. The Hall–Kier alpha value is -1.69. The van der Waals surface area contributed by atoms with Gasteiger partial charge in [0.05, 0.1) is 4.92 Å². The first kappa shape index (κ1) is 12.8. The van der Waals surface area contributed by atoms with Crippen molar-refractivity contribution in [1.82, 2.24) is 5.32 Å². The maximum absolute atomic E-state index is 13.3. The minimum absolute atomic E-state index is 0.0283. The molecule has 6 heteroatoms. The summed E-state index contributed by atoms with van der Waals surface area (Å²) < 4.78 is 13.3. The van der Waals surface area contributed by atoms with E-state index in [2.05, 4.69) is 5.32 Å². The van der Waals surface area contributed by atoms with Gasteiger partial charge in [-0.15, -0.1) is 0 Å². The van der Waals surface area contributed by atoms with Crippen LogP contribution in [0.3, 0.4) is 0 Å². The van der Waals surface area contributed by atoms with Crippen molar-refractivity contribution in [3.63, 3.8) is 0 Å². The predicted molar refractivity (Wildman–Crippen MR) is 67.3 cm³/mol. The summed E-state index contributed by atoms with van der Waals surface area (Å²) in [5, 5.41) is 14.1. The predicted octanol–water partition coefficient (Wildman–Crippen LogP) is 1.92. The summed E-state index contributed by atoms with van der Waals surface area (Å²) in [7, 11) is 1.84. The van der Waals surface area contributed by atoms with Gasteiger partial charge in [0, 0.05) is 31.3 Å². The van der Waals surface area contributed by atoms with Crippen molar-refractivity contribution >= 4 is 11.4 Å². The van der Waals surface area contributed by atoms with Gasteiger partial charge in [0.15, 0.2) is 0 Å². The molecule has 1 heterocycles. The second-order valence-corrected chi connectivity index (χ2v) is 4.44. The molecule has 98 valence electrons. The van der Waals surface area contributed by atoms with Crippen LogP contribution in [0, 0.1) is 15.9 Å². The van der Waals surface area contributed by atoms with Gasteiger partial charge in [-0.25, -0.2) is 4.39 Å². The van der Waals surface area contributed by atoms with Crippen LogP contribution in [0.5, 0.6) is 0 Å². The summed E-state index contributed by atoms with van der Waals surface area (Å²) >= 11 is 0. The zero-order valence-electron chi connectivity index (χ0n) is 10.2. The van der Waals surface area contributed by atoms with Crippen LogP contribution in [0.1, 0.15) is 12.8 Å². The molecule has 1 aromatic carbocycles. The number of nitro groups is 1. The van der Waals surface area contributed by atoms with E-state index in [0.29, 0.717) is 5.69 Å². The molecule has 0 aromatic heterocycles. The lowest BCUT2D eigenvalue weighted by molar-refractivity contribution is -0.384. The lowest BCUT2D eigenvalue weighted by Gasteiger charge is -2.26. The maximum atomic E-state index is 13.3.